The lowest BCUT2D eigenvalue weighted by molar-refractivity contribution is 0.0283. The van der Waals surface area contributed by atoms with E-state index in [0.717, 1.165) is 49.3 Å². The molecule has 2 aliphatic rings. The van der Waals surface area contributed by atoms with Gasteiger partial charge in [-0.05, 0) is 47.6 Å². The summed E-state index contributed by atoms with van der Waals surface area (Å²) in [6.45, 7) is 6.15. The van der Waals surface area contributed by atoms with Crippen molar-refractivity contribution in [3.8, 4) is 0 Å². The summed E-state index contributed by atoms with van der Waals surface area (Å²) in [7, 11) is 0. The average molecular weight is 338 g/mol. The van der Waals surface area contributed by atoms with Gasteiger partial charge in [0.25, 0.3) is 5.91 Å². The van der Waals surface area contributed by atoms with Crippen molar-refractivity contribution in [2.75, 3.05) is 39.3 Å². The number of nitrogens with one attached hydrogen (secondary N) is 1. The highest BCUT2D eigenvalue weighted by atomic mass is 79.9. The monoisotopic (exact) mass is 337 g/mol. The zero-order valence-electron chi connectivity index (χ0n) is 11.5. The van der Waals surface area contributed by atoms with E-state index in [1.54, 1.807) is 0 Å². The first-order valence-electron chi connectivity index (χ1n) is 7.24. The van der Waals surface area contributed by atoms with Crippen molar-refractivity contribution in [3.05, 3.63) is 34.3 Å². The lowest BCUT2D eigenvalue weighted by Crippen LogP contribution is -2.61. The third-order valence-electron chi connectivity index (χ3n) is 4.14. The number of rotatable bonds is 2. The zero-order chi connectivity index (χ0) is 13.9. The molecule has 1 N–H and O–H groups in total. The minimum Gasteiger partial charge on any atom is -0.335 e. The van der Waals surface area contributed by atoms with Crippen molar-refractivity contribution in [1.82, 2.24) is 15.1 Å². The third-order valence-corrected chi connectivity index (χ3v) is 4.84. The predicted molar refractivity (Wildman–Crippen MR) is 82.9 cm³/mol. The first kappa shape index (κ1) is 14.0. The van der Waals surface area contributed by atoms with Crippen molar-refractivity contribution in [2.24, 2.45) is 0 Å². The molecule has 20 heavy (non-hydrogen) atoms. The zero-order valence-corrected chi connectivity index (χ0v) is 13.1. The Hall–Kier alpha value is -0.910. The number of halogens is 1. The highest BCUT2D eigenvalue weighted by Crippen LogP contribution is 2.23. The second-order valence-electron chi connectivity index (χ2n) is 5.48. The van der Waals surface area contributed by atoms with E-state index in [-0.39, 0.29) is 5.91 Å². The van der Waals surface area contributed by atoms with Crippen LogP contribution in [0, 0.1) is 0 Å². The molecule has 1 aromatic carbocycles. The third kappa shape index (κ3) is 2.90. The molecule has 0 radical (unpaired) electrons. The first-order valence-corrected chi connectivity index (χ1v) is 8.03. The van der Waals surface area contributed by atoms with Crippen molar-refractivity contribution in [2.45, 2.75) is 12.5 Å². The van der Waals surface area contributed by atoms with Crippen LogP contribution in [0.5, 0.6) is 0 Å². The average Bonchev–Trinajstić information content (AvgIpc) is 2.66. The van der Waals surface area contributed by atoms with E-state index in [9.17, 15) is 4.79 Å². The van der Waals surface area contributed by atoms with Gasteiger partial charge in [-0.25, -0.2) is 0 Å². The van der Waals surface area contributed by atoms with E-state index in [2.05, 4.69) is 26.1 Å². The minimum absolute atomic E-state index is 0.140. The van der Waals surface area contributed by atoms with Crippen LogP contribution >= 0.6 is 15.9 Å². The molecule has 0 saturated carbocycles. The maximum absolute atomic E-state index is 12.4. The van der Waals surface area contributed by atoms with Crippen LogP contribution in [-0.4, -0.2) is 61.0 Å². The summed E-state index contributed by atoms with van der Waals surface area (Å²) in [4.78, 5) is 16.9. The SMILES string of the molecule is O=C(c1ccccc1Br)N1CC(N2CCCNCC2)C1. The summed E-state index contributed by atoms with van der Waals surface area (Å²) in [6, 6.07) is 8.20. The van der Waals surface area contributed by atoms with E-state index in [0.29, 0.717) is 6.04 Å². The van der Waals surface area contributed by atoms with E-state index in [1.807, 2.05) is 29.2 Å². The molecule has 3 rings (SSSR count). The second-order valence-corrected chi connectivity index (χ2v) is 6.34. The van der Waals surface area contributed by atoms with Gasteiger partial charge in [-0.15, -0.1) is 0 Å². The maximum atomic E-state index is 12.4. The summed E-state index contributed by atoms with van der Waals surface area (Å²) in [5.74, 6) is 0.140. The van der Waals surface area contributed by atoms with Crippen molar-refractivity contribution >= 4 is 21.8 Å². The summed E-state index contributed by atoms with van der Waals surface area (Å²) < 4.78 is 0.882. The summed E-state index contributed by atoms with van der Waals surface area (Å²) in [6.07, 6.45) is 1.20. The Bertz CT molecular complexity index is 480. The molecule has 2 saturated heterocycles. The molecule has 108 valence electrons. The first-order chi connectivity index (χ1) is 9.75. The Morgan fingerprint density at radius 1 is 1.20 bits per heavy atom. The number of likely N-dealkylation sites (tertiary alicyclic amines) is 1. The normalized spacial score (nSPS) is 21.4. The molecule has 2 aliphatic heterocycles. The Morgan fingerprint density at radius 2 is 2.00 bits per heavy atom. The van der Waals surface area contributed by atoms with Gasteiger partial charge in [0.05, 0.1) is 5.56 Å². The minimum atomic E-state index is 0.140. The molecule has 2 fully saturated rings. The lowest BCUT2D eigenvalue weighted by Gasteiger charge is -2.45. The fraction of sp³-hybridized carbons (Fsp3) is 0.533. The fourth-order valence-corrected chi connectivity index (χ4v) is 3.34. The van der Waals surface area contributed by atoms with Gasteiger partial charge >= 0.3 is 0 Å². The van der Waals surface area contributed by atoms with E-state index in [4.69, 9.17) is 0 Å². The molecule has 4 nitrogen and oxygen atoms in total. The van der Waals surface area contributed by atoms with Crippen LogP contribution in [0.15, 0.2) is 28.7 Å². The number of nitrogens with zero attached hydrogens (tertiary/aromatic N) is 2. The van der Waals surface area contributed by atoms with Crippen LogP contribution in [0.4, 0.5) is 0 Å². The van der Waals surface area contributed by atoms with Crippen molar-refractivity contribution in [1.29, 1.82) is 0 Å². The molecule has 2 heterocycles. The molecule has 5 heteroatoms. The molecule has 0 bridgehead atoms. The van der Waals surface area contributed by atoms with Gasteiger partial charge in [0.15, 0.2) is 0 Å². The van der Waals surface area contributed by atoms with Gasteiger partial charge in [-0.2, -0.15) is 0 Å². The quantitative estimate of drug-likeness (QED) is 0.889. The summed E-state index contributed by atoms with van der Waals surface area (Å²) in [5, 5.41) is 3.42. The Balaban J connectivity index is 1.57. The number of benzene rings is 1. The number of carbonyl (C=O) groups is 1. The second kappa shape index (κ2) is 6.24. The Kier molecular flexibility index (Phi) is 4.38. The molecule has 0 aliphatic carbocycles. The van der Waals surface area contributed by atoms with Crippen LogP contribution < -0.4 is 5.32 Å². The Morgan fingerprint density at radius 3 is 2.80 bits per heavy atom. The number of hydrogen-bond donors (Lipinski definition) is 1. The van der Waals surface area contributed by atoms with Gasteiger partial charge in [0.2, 0.25) is 0 Å². The fourth-order valence-electron chi connectivity index (χ4n) is 2.89. The summed E-state index contributed by atoms with van der Waals surface area (Å²) in [5.41, 5.74) is 0.767. The molecular formula is C15H20BrN3O. The molecule has 0 aromatic heterocycles. The number of amides is 1. The lowest BCUT2D eigenvalue weighted by atomic mass is 10.0. The van der Waals surface area contributed by atoms with Gasteiger partial charge in [-0.1, -0.05) is 12.1 Å². The van der Waals surface area contributed by atoms with E-state index in [1.165, 1.54) is 6.42 Å². The smallest absolute Gasteiger partial charge is 0.255 e. The number of hydrogen-bond acceptors (Lipinski definition) is 3. The van der Waals surface area contributed by atoms with Crippen LogP contribution in [0.25, 0.3) is 0 Å². The topological polar surface area (TPSA) is 35.6 Å². The predicted octanol–water partition coefficient (Wildman–Crippen LogP) is 1.57. The highest BCUT2D eigenvalue weighted by Gasteiger charge is 2.35. The van der Waals surface area contributed by atoms with E-state index < -0.39 is 0 Å². The Labute approximate surface area is 128 Å². The van der Waals surface area contributed by atoms with Crippen LogP contribution in [0.1, 0.15) is 16.8 Å². The van der Waals surface area contributed by atoms with Crippen molar-refractivity contribution < 1.29 is 4.79 Å². The molecular weight excluding hydrogens is 318 g/mol. The van der Waals surface area contributed by atoms with Gasteiger partial charge in [-0.3, -0.25) is 9.69 Å². The van der Waals surface area contributed by atoms with Crippen LogP contribution in [0.3, 0.4) is 0 Å². The summed E-state index contributed by atoms with van der Waals surface area (Å²) >= 11 is 3.45. The molecule has 0 unspecified atom stereocenters. The van der Waals surface area contributed by atoms with Gasteiger partial charge in [0.1, 0.15) is 0 Å². The van der Waals surface area contributed by atoms with E-state index >= 15 is 0 Å². The molecule has 0 atom stereocenters. The molecule has 1 aromatic rings. The standard InChI is InChI=1S/C15H20BrN3O/c16-14-5-2-1-4-13(14)15(20)19-10-12(11-19)18-8-3-6-17-7-9-18/h1-2,4-5,12,17H,3,6-11H2. The molecule has 0 spiro atoms. The van der Waals surface area contributed by atoms with Crippen LogP contribution in [0.2, 0.25) is 0 Å². The van der Waals surface area contributed by atoms with Gasteiger partial charge in [0, 0.05) is 36.7 Å². The van der Waals surface area contributed by atoms with Gasteiger partial charge < -0.3 is 10.2 Å². The van der Waals surface area contributed by atoms with Crippen LogP contribution in [-0.2, 0) is 0 Å². The highest BCUT2D eigenvalue weighted by molar-refractivity contribution is 9.10. The number of carbonyl (C=O) groups excluding carboxylic acids is 1. The largest absolute Gasteiger partial charge is 0.335 e. The van der Waals surface area contributed by atoms with Crippen molar-refractivity contribution in [3.63, 3.8) is 0 Å². The maximum Gasteiger partial charge on any atom is 0.255 e. The molecule has 1 amide bonds.